The first-order chi connectivity index (χ1) is 41.0. The predicted octanol–water partition coefficient (Wildman–Crippen LogP) is 16.9. The molecule has 0 aliphatic carbocycles. The fourth-order valence-electron chi connectivity index (χ4n) is 16.3. The van der Waals surface area contributed by atoms with E-state index in [4.69, 9.17) is 4.74 Å². The van der Waals surface area contributed by atoms with Gasteiger partial charge in [-0.2, -0.15) is 0 Å². The van der Waals surface area contributed by atoms with Gasteiger partial charge in [-0.1, -0.05) is 240 Å². The number of ether oxygens (including phenoxy) is 1. The van der Waals surface area contributed by atoms with Gasteiger partial charge in [0.2, 0.25) is 13.4 Å². The maximum absolute atomic E-state index is 7.51. The van der Waals surface area contributed by atoms with Crippen LogP contribution >= 0.6 is 0 Å². The van der Waals surface area contributed by atoms with Crippen molar-refractivity contribution in [2.75, 3.05) is 4.90 Å². The number of hydrogen-bond acceptors (Lipinski definition) is 2. The highest BCUT2D eigenvalue weighted by atomic mass is 16.5. The van der Waals surface area contributed by atoms with E-state index in [1.807, 2.05) is 0 Å². The highest BCUT2D eigenvalue weighted by Gasteiger charge is 2.44. The van der Waals surface area contributed by atoms with Crippen molar-refractivity contribution in [3.8, 4) is 44.9 Å². The van der Waals surface area contributed by atoms with Crippen LogP contribution in [0.5, 0.6) is 11.5 Å². The number of anilines is 3. The zero-order valence-corrected chi connectivity index (χ0v) is 51.6. The van der Waals surface area contributed by atoms with Crippen LogP contribution in [0, 0.1) is 90.0 Å². The predicted molar refractivity (Wildman–Crippen MR) is 364 cm³/mol. The molecule has 0 N–H and O–H groups in total. The van der Waals surface area contributed by atoms with Crippen LogP contribution in [-0.2, 0) is 0 Å². The lowest BCUT2D eigenvalue weighted by molar-refractivity contribution is 0.438. The van der Waals surface area contributed by atoms with Crippen LogP contribution in [0.15, 0.2) is 194 Å². The summed E-state index contributed by atoms with van der Waals surface area (Å²) in [5.74, 6) is 1.43. The van der Waals surface area contributed by atoms with E-state index in [1.54, 1.807) is 0 Å². The lowest BCUT2D eigenvalue weighted by Gasteiger charge is -2.43. The van der Waals surface area contributed by atoms with Crippen molar-refractivity contribution in [2.24, 2.45) is 0 Å². The molecule has 0 aromatic heterocycles. The molecule has 4 aliphatic rings. The van der Waals surface area contributed by atoms with Crippen molar-refractivity contribution in [3.63, 3.8) is 0 Å². The molecule has 11 aromatic rings. The molecule has 11 aromatic carbocycles. The molecular weight excluding hydrogens is 1020 g/mol. The number of benzene rings is 11. The lowest BCUT2D eigenvalue weighted by atomic mass is 9.34. The summed E-state index contributed by atoms with van der Waals surface area (Å²) in [5.41, 5.74) is 40.8. The van der Waals surface area contributed by atoms with Crippen LogP contribution in [0.4, 0.5) is 17.1 Å². The van der Waals surface area contributed by atoms with Gasteiger partial charge in [0.1, 0.15) is 11.5 Å². The van der Waals surface area contributed by atoms with Gasteiger partial charge in [-0.15, -0.1) is 0 Å². The van der Waals surface area contributed by atoms with E-state index >= 15 is 0 Å². The maximum Gasteiger partial charge on any atom is 0.242 e. The van der Waals surface area contributed by atoms with Crippen molar-refractivity contribution in [1.82, 2.24) is 0 Å². The molecule has 2 atom stereocenters. The highest BCUT2D eigenvalue weighted by Crippen LogP contribution is 2.60. The quantitative estimate of drug-likeness (QED) is 0.154. The Labute approximate surface area is 505 Å². The second kappa shape index (κ2) is 20.7. The maximum atomic E-state index is 7.51. The monoisotopic (exact) mass is 1100 g/mol. The van der Waals surface area contributed by atoms with Crippen LogP contribution in [-0.4, -0.2) is 13.4 Å². The number of aryl methyl sites for hydroxylation is 13. The Hall–Kier alpha value is -8.85. The SMILES string of the molecule is Cc1cc(C)c(B(c2ccc3c(c2)C2c4cc(ccc4O3)B(c3c(C)cc(C)cc3C)c3c(C)cc(cc3C)-c3cccc(C)c3-c3ccc4c(c3)C2c2cc(-c3ccccc3C)ccc2N4c2ccccc2)c2c(C)cc(C)cc2C)c(C)c1. The third-order valence-electron chi connectivity index (χ3n) is 19.5. The molecule has 0 saturated carbocycles. The van der Waals surface area contributed by atoms with Crippen LogP contribution in [0.3, 0.4) is 0 Å². The molecule has 0 spiro atoms. The van der Waals surface area contributed by atoms with Crippen molar-refractivity contribution in [2.45, 2.75) is 102 Å². The third-order valence-corrected chi connectivity index (χ3v) is 19.5. The summed E-state index contributed by atoms with van der Waals surface area (Å²) in [5, 5.41) is 0. The highest BCUT2D eigenvalue weighted by molar-refractivity contribution is 6.97. The van der Waals surface area contributed by atoms with Crippen molar-refractivity contribution >= 4 is 63.3 Å². The number of hydrogen-bond donors (Lipinski definition) is 0. The summed E-state index contributed by atoms with van der Waals surface area (Å²) >= 11 is 0. The van der Waals surface area contributed by atoms with Gasteiger partial charge in [-0.3, -0.25) is 0 Å². The van der Waals surface area contributed by atoms with E-state index < -0.39 is 0 Å². The minimum atomic E-state index is -0.205. The van der Waals surface area contributed by atoms with E-state index in [-0.39, 0.29) is 25.3 Å². The standard InChI is InChI=1S/C81H73B2NO/c1-46-34-51(6)78(52(7)35-46)82(79-53(8)36-47(2)37-54(79)9)62-28-32-73-69(44-62)77-70-45-63(29-33-74(70)85-73)83(80-55(10)38-48(3)39-56(80)11)81-57(12)40-61(41-58(81)13)66-25-19-21-50(5)75(66)60-27-31-72-68(43-60)76(77)67-42-59(65-24-18-17-20-49(65)4)26-30-71(67)84(72)64-22-15-14-16-23-64/h14-45,76-77H,1-13H3. The van der Waals surface area contributed by atoms with E-state index in [9.17, 15) is 0 Å². The molecule has 0 radical (unpaired) electrons. The van der Waals surface area contributed by atoms with Crippen molar-refractivity contribution < 1.29 is 4.74 Å². The summed E-state index contributed by atoms with van der Waals surface area (Å²) in [7, 11) is 0. The number of fused-ring (bicyclic) bond motifs is 4. The van der Waals surface area contributed by atoms with Crippen LogP contribution in [0.25, 0.3) is 33.4 Å². The molecule has 4 heteroatoms. The molecule has 15 rings (SSSR count). The molecule has 0 amide bonds. The molecule has 2 unspecified atom stereocenters. The van der Waals surface area contributed by atoms with Crippen molar-refractivity contribution in [3.05, 3.63) is 289 Å². The zero-order chi connectivity index (χ0) is 58.9. The molecular formula is C81H73B2NO. The Kier molecular flexibility index (Phi) is 13.2. The van der Waals surface area contributed by atoms with Gasteiger partial charge < -0.3 is 9.64 Å². The Morgan fingerprint density at radius 3 is 1.44 bits per heavy atom. The Balaban J connectivity index is 1.15. The van der Waals surface area contributed by atoms with Gasteiger partial charge in [-0.05, 0) is 194 Å². The number of nitrogens with zero attached hydrogens (tertiary/aromatic N) is 1. The van der Waals surface area contributed by atoms with Crippen LogP contribution in [0.2, 0.25) is 0 Å². The fourth-order valence-corrected chi connectivity index (χ4v) is 16.3. The van der Waals surface area contributed by atoms with Gasteiger partial charge in [0.15, 0.2) is 0 Å². The zero-order valence-electron chi connectivity index (χ0n) is 51.6. The summed E-state index contributed by atoms with van der Waals surface area (Å²) in [4.78, 5) is 2.54. The van der Waals surface area contributed by atoms with Gasteiger partial charge in [0, 0.05) is 28.7 Å². The Bertz CT molecular complexity index is 4430. The Morgan fingerprint density at radius 2 is 0.835 bits per heavy atom. The largest absolute Gasteiger partial charge is 0.457 e. The average molecular weight is 1100 g/mol. The molecule has 4 heterocycles. The Morgan fingerprint density at radius 1 is 0.353 bits per heavy atom. The van der Waals surface area contributed by atoms with E-state index in [1.165, 1.54) is 172 Å². The molecule has 2 nitrogen and oxygen atoms in total. The van der Waals surface area contributed by atoms with Crippen molar-refractivity contribution in [1.29, 1.82) is 0 Å². The first-order valence-corrected chi connectivity index (χ1v) is 30.6. The number of rotatable bonds is 6. The second-order valence-corrected chi connectivity index (χ2v) is 25.5. The van der Waals surface area contributed by atoms with Crippen LogP contribution < -0.4 is 42.4 Å². The molecule has 0 saturated heterocycles. The van der Waals surface area contributed by atoms with Gasteiger partial charge in [0.05, 0.1) is 11.4 Å². The molecule has 414 valence electrons. The smallest absolute Gasteiger partial charge is 0.242 e. The van der Waals surface area contributed by atoms with Crippen LogP contribution in [0.1, 0.15) is 106 Å². The van der Waals surface area contributed by atoms with Gasteiger partial charge >= 0.3 is 0 Å². The molecule has 0 fully saturated rings. The summed E-state index contributed by atoms with van der Waals surface area (Å²) in [6, 6.07) is 75.4. The topological polar surface area (TPSA) is 12.5 Å². The summed E-state index contributed by atoms with van der Waals surface area (Å²) in [6.07, 6.45) is 0. The summed E-state index contributed by atoms with van der Waals surface area (Å²) in [6.45, 7) is 29.8. The van der Waals surface area contributed by atoms with Gasteiger partial charge in [-0.25, -0.2) is 0 Å². The fraction of sp³-hybridized carbons (Fsp3) is 0.185. The van der Waals surface area contributed by atoms with E-state index in [0.29, 0.717) is 0 Å². The minimum absolute atomic E-state index is 0.0367. The van der Waals surface area contributed by atoms with Gasteiger partial charge in [0.25, 0.3) is 0 Å². The average Bonchev–Trinajstić information content (AvgIpc) is 1.75. The van der Waals surface area contributed by atoms with E-state index in [0.717, 1.165) is 17.2 Å². The molecule has 6 bridgehead atoms. The second-order valence-electron chi connectivity index (χ2n) is 25.5. The third kappa shape index (κ3) is 8.93. The number of para-hydroxylation sites is 1. The first-order valence-electron chi connectivity index (χ1n) is 30.6. The molecule has 85 heavy (non-hydrogen) atoms. The minimum Gasteiger partial charge on any atom is -0.457 e. The normalized spacial score (nSPS) is 14.5. The first kappa shape index (κ1) is 54.1. The lowest BCUT2D eigenvalue weighted by Crippen LogP contribution is -2.56. The van der Waals surface area contributed by atoms with E-state index in [2.05, 4.69) is 289 Å². The summed E-state index contributed by atoms with van der Waals surface area (Å²) < 4.78 is 7.51. The molecule has 4 aliphatic heterocycles.